The van der Waals surface area contributed by atoms with E-state index in [0.29, 0.717) is 0 Å². The third-order valence-corrected chi connectivity index (χ3v) is 6.41. The smallest absolute Gasteiger partial charge is 0.0463 e. The first-order chi connectivity index (χ1) is 15.6. The molecule has 0 unspecified atom stereocenters. The molecule has 1 N–H and O–H groups in total. The van der Waals surface area contributed by atoms with Gasteiger partial charge in [0, 0.05) is 37.4 Å². The zero-order chi connectivity index (χ0) is 22.3. The van der Waals surface area contributed by atoms with Crippen molar-refractivity contribution in [1.82, 2.24) is 0 Å². The first-order valence-electron chi connectivity index (χ1n) is 10.9. The van der Waals surface area contributed by atoms with Crippen LogP contribution in [0.1, 0.15) is 25.3 Å². The van der Waals surface area contributed by atoms with Crippen molar-refractivity contribution in [3.63, 3.8) is 0 Å². The van der Waals surface area contributed by atoms with Crippen LogP contribution in [0.3, 0.4) is 0 Å². The summed E-state index contributed by atoms with van der Waals surface area (Å²) in [5.74, 6) is 0. The van der Waals surface area contributed by atoms with Crippen LogP contribution in [0, 0.1) is 0 Å². The Morgan fingerprint density at radius 2 is 1.00 bits per heavy atom. The van der Waals surface area contributed by atoms with Crippen LogP contribution < -0.4 is 10.2 Å². The molecule has 0 fully saturated rings. The molecule has 4 aromatic rings. The van der Waals surface area contributed by atoms with Crippen molar-refractivity contribution in [2.75, 3.05) is 10.2 Å². The Hall–Kier alpha value is -2.56. The van der Waals surface area contributed by atoms with Crippen molar-refractivity contribution in [2.45, 2.75) is 26.2 Å². The van der Waals surface area contributed by atoms with Gasteiger partial charge in [-0.2, -0.15) is 0 Å². The molecule has 4 heteroatoms. The highest BCUT2D eigenvalue weighted by Gasteiger charge is 2.12. The molecule has 0 saturated carbocycles. The van der Waals surface area contributed by atoms with E-state index in [4.69, 9.17) is 0 Å². The van der Waals surface area contributed by atoms with Crippen molar-refractivity contribution < 1.29 is 0 Å². The first kappa shape index (κ1) is 22.6. The summed E-state index contributed by atoms with van der Waals surface area (Å²) in [6.45, 7) is 2.24. The summed E-state index contributed by atoms with van der Waals surface area (Å²) in [7, 11) is 0. The quantitative estimate of drug-likeness (QED) is 0.235. The molecular formula is C28H26Br2N2. The van der Waals surface area contributed by atoms with E-state index in [2.05, 4.69) is 134 Å². The van der Waals surface area contributed by atoms with Gasteiger partial charge in [-0.25, -0.2) is 0 Å². The van der Waals surface area contributed by atoms with Gasteiger partial charge in [-0.05, 0) is 103 Å². The summed E-state index contributed by atoms with van der Waals surface area (Å²) in [6.07, 6.45) is 3.57. The Labute approximate surface area is 207 Å². The molecule has 0 saturated heterocycles. The molecule has 0 amide bonds. The number of hydrogen-bond acceptors (Lipinski definition) is 2. The number of rotatable bonds is 8. The Bertz CT molecular complexity index is 1120. The summed E-state index contributed by atoms with van der Waals surface area (Å²) in [5.41, 5.74) is 6.91. The highest BCUT2D eigenvalue weighted by atomic mass is 79.9. The van der Waals surface area contributed by atoms with Crippen molar-refractivity contribution in [3.8, 4) is 0 Å². The van der Waals surface area contributed by atoms with Gasteiger partial charge in [0.25, 0.3) is 0 Å². The van der Waals surface area contributed by atoms with Gasteiger partial charge in [-0.1, -0.05) is 57.3 Å². The molecular weight excluding hydrogens is 524 g/mol. The Morgan fingerprint density at radius 1 is 0.594 bits per heavy atom. The Kier molecular flexibility index (Phi) is 7.67. The Morgan fingerprint density at radius 3 is 1.50 bits per heavy atom. The van der Waals surface area contributed by atoms with Crippen LogP contribution in [-0.2, 0) is 6.42 Å². The first-order valence-corrected chi connectivity index (χ1v) is 12.5. The van der Waals surface area contributed by atoms with Crippen LogP contribution in [0.5, 0.6) is 0 Å². The van der Waals surface area contributed by atoms with Gasteiger partial charge in [0.05, 0.1) is 0 Å². The van der Waals surface area contributed by atoms with Gasteiger partial charge in [0.2, 0.25) is 0 Å². The van der Waals surface area contributed by atoms with E-state index in [0.717, 1.165) is 43.8 Å². The molecule has 0 spiro atoms. The average Bonchev–Trinajstić information content (AvgIpc) is 2.82. The minimum Gasteiger partial charge on any atom is -0.356 e. The van der Waals surface area contributed by atoms with E-state index >= 15 is 0 Å². The van der Waals surface area contributed by atoms with Crippen LogP contribution in [0.25, 0.3) is 0 Å². The van der Waals surface area contributed by atoms with Crippen LogP contribution in [-0.4, -0.2) is 0 Å². The molecule has 0 aliphatic carbocycles. The number of nitrogens with zero attached hydrogens (tertiary/aromatic N) is 1. The summed E-state index contributed by atoms with van der Waals surface area (Å²) in [6, 6.07) is 34.2. The fourth-order valence-electron chi connectivity index (χ4n) is 3.62. The fourth-order valence-corrected chi connectivity index (χ4v) is 4.15. The van der Waals surface area contributed by atoms with Gasteiger partial charge < -0.3 is 10.2 Å². The minimum absolute atomic E-state index is 1.06. The van der Waals surface area contributed by atoms with Crippen molar-refractivity contribution >= 4 is 60.3 Å². The van der Waals surface area contributed by atoms with Crippen LogP contribution >= 0.6 is 31.9 Å². The predicted octanol–water partition coefficient (Wildman–Crippen LogP) is 9.77. The highest BCUT2D eigenvalue weighted by Crippen LogP contribution is 2.36. The molecule has 0 atom stereocenters. The van der Waals surface area contributed by atoms with Crippen molar-refractivity contribution in [2.24, 2.45) is 0 Å². The van der Waals surface area contributed by atoms with Gasteiger partial charge in [-0.15, -0.1) is 0 Å². The third-order valence-electron chi connectivity index (χ3n) is 5.36. The van der Waals surface area contributed by atoms with E-state index in [1.165, 1.54) is 18.4 Å². The molecule has 4 rings (SSSR count). The zero-order valence-corrected chi connectivity index (χ0v) is 21.2. The topological polar surface area (TPSA) is 15.3 Å². The van der Waals surface area contributed by atoms with E-state index in [1.54, 1.807) is 0 Å². The van der Waals surface area contributed by atoms with Crippen LogP contribution in [0.4, 0.5) is 28.4 Å². The van der Waals surface area contributed by atoms with Crippen molar-refractivity contribution in [3.05, 3.63) is 112 Å². The number of halogens is 2. The summed E-state index contributed by atoms with van der Waals surface area (Å²) < 4.78 is 2.15. The van der Waals surface area contributed by atoms with Crippen molar-refractivity contribution in [1.29, 1.82) is 0 Å². The molecule has 0 bridgehead atoms. The second-order valence-corrected chi connectivity index (χ2v) is 9.59. The molecule has 0 aliphatic heterocycles. The van der Waals surface area contributed by atoms with Gasteiger partial charge in [0.1, 0.15) is 0 Å². The minimum atomic E-state index is 1.06. The van der Waals surface area contributed by atoms with Gasteiger partial charge >= 0.3 is 0 Å². The maximum absolute atomic E-state index is 3.56. The molecule has 0 radical (unpaired) electrons. The number of benzene rings is 4. The molecule has 0 heterocycles. The maximum Gasteiger partial charge on any atom is 0.0463 e. The number of aryl methyl sites for hydroxylation is 1. The molecule has 0 aliphatic rings. The van der Waals surface area contributed by atoms with E-state index in [-0.39, 0.29) is 0 Å². The second kappa shape index (κ2) is 10.8. The summed E-state index contributed by atoms with van der Waals surface area (Å²) in [5, 5.41) is 3.47. The van der Waals surface area contributed by atoms with Gasteiger partial charge in [0.15, 0.2) is 0 Å². The zero-order valence-electron chi connectivity index (χ0n) is 18.1. The molecule has 2 nitrogen and oxygen atoms in total. The fraction of sp³-hybridized carbons (Fsp3) is 0.143. The lowest BCUT2D eigenvalue weighted by Gasteiger charge is -2.26. The maximum atomic E-state index is 3.56. The summed E-state index contributed by atoms with van der Waals surface area (Å²) in [4.78, 5) is 2.29. The lowest BCUT2D eigenvalue weighted by molar-refractivity contribution is 0.795. The molecule has 162 valence electrons. The average molecular weight is 550 g/mol. The third kappa shape index (κ3) is 5.81. The number of hydrogen-bond donors (Lipinski definition) is 1. The Balaban J connectivity index is 1.62. The molecule has 0 aromatic heterocycles. The van der Waals surface area contributed by atoms with Gasteiger partial charge in [-0.3, -0.25) is 0 Å². The normalized spacial score (nSPS) is 10.7. The largest absolute Gasteiger partial charge is 0.356 e. The van der Waals surface area contributed by atoms with Crippen LogP contribution in [0.2, 0.25) is 0 Å². The van der Waals surface area contributed by atoms with Crippen LogP contribution in [0.15, 0.2) is 106 Å². The number of nitrogens with one attached hydrogen (secondary N) is 1. The molecule has 32 heavy (non-hydrogen) atoms. The number of anilines is 5. The second-order valence-electron chi connectivity index (χ2n) is 7.76. The lowest BCUT2D eigenvalue weighted by Crippen LogP contribution is -2.10. The lowest BCUT2D eigenvalue weighted by atomic mass is 10.1. The SMILES string of the molecule is CCCCc1ccc(N(c2ccc(Br)cc2)c2ccc(Nc3ccc(Br)cc3)cc2)cc1. The predicted molar refractivity (Wildman–Crippen MR) is 145 cm³/mol. The van der Waals surface area contributed by atoms with E-state index in [1.807, 2.05) is 12.1 Å². The standard InChI is InChI=1S/C28H26Br2N2/c1-2-3-4-21-5-15-26(16-6-21)32(27-17-9-23(30)10-18-27)28-19-13-25(14-20-28)31-24-11-7-22(29)8-12-24/h5-20,31H,2-4H2,1H3. The van der Waals surface area contributed by atoms with E-state index in [9.17, 15) is 0 Å². The highest BCUT2D eigenvalue weighted by molar-refractivity contribution is 9.10. The number of unbranched alkanes of at least 4 members (excludes halogenated alkanes) is 1. The monoisotopic (exact) mass is 548 g/mol. The molecule has 4 aromatic carbocycles. The van der Waals surface area contributed by atoms with E-state index < -0.39 is 0 Å². The summed E-state index contributed by atoms with van der Waals surface area (Å²) >= 11 is 7.04.